The molecule has 3 aromatic rings. The van der Waals surface area contributed by atoms with Gasteiger partial charge in [-0.15, -0.1) is 0 Å². The molecule has 2 aromatic carbocycles. The standard InChI is InChI=1S/C33H39F3N4O/c1-24(2)16-20-40-19-4-5-27(23-40)31(21-25-6-10-28(11-7-25)33(34,35)36)32(41)38-22-26-8-12-29(13-9-26)39(3)30-14-17-37-18-15-30/h6-15,17-18,21,24,27H,4-5,16,19-20,22-23H2,1-3H3,(H,38,41)/t27-/m1/s1. The van der Waals surface area contributed by atoms with Crippen LogP contribution < -0.4 is 10.2 Å². The summed E-state index contributed by atoms with van der Waals surface area (Å²) in [5.41, 5.74) is 3.50. The van der Waals surface area contributed by atoms with Crippen molar-refractivity contribution in [2.24, 2.45) is 11.8 Å². The van der Waals surface area contributed by atoms with E-state index in [2.05, 4.69) is 33.9 Å². The van der Waals surface area contributed by atoms with Crippen molar-refractivity contribution in [1.82, 2.24) is 15.2 Å². The molecule has 2 heterocycles. The molecule has 1 aliphatic heterocycles. The molecule has 1 fully saturated rings. The van der Waals surface area contributed by atoms with Gasteiger partial charge in [-0.1, -0.05) is 38.1 Å². The number of nitrogens with zero attached hydrogens (tertiary/aromatic N) is 3. The lowest BCUT2D eigenvalue weighted by atomic mass is 9.88. The van der Waals surface area contributed by atoms with Gasteiger partial charge in [-0.05, 0) is 91.9 Å². The molecule has 1 aliphatic rings. The van der Waals surface area contributed by atoms with Crippen LogP contribution in [0.15, 0.2) is 78.6 Å². The minimum Gasteiger partial charge on any atom is -0.348 e. The van der Waals surface area contributed by atoms with E-state index in [-0.39, 0.29) is 11.8 Å². The van der Waals surface area contributed by atoms with Crippen LogP contribution in [0.25, 0.3) is 6.08 Å². The highest BCUT2D eigenvalue weighted by atomic mass is 19.4. The Kier molecular flexibility index (Phi) is 10.2. The maximum atomic E-state index is 13.6. The van der Waals surface area contributed by atoms with Gasteiger partial charge >= 0.3 is 6.18 Å². The number of hydrogen-bond donors (Lipinski definition) is 1. The molecule has 1 saturated heterocycles. The number of carbonyl (C=O) groups is 1. The second kappa shape index (κ2) is 13.8. The van der Waals surface area contributed by atoms with Gasteiger partial charge in [-0.3, -0.25) is 9.78 Å². The average molecular weight is 565 g/mol. The Bertz CT molecular complexity index is 1290. The zero-order chi connectivity index (χ0) is 29.4. The van der Waals surface area contributed by atoms with E-state index in [1.807, 2.05) is 43.4 Å². The monoisotopic (exact) mass is 564 g/mol. The number of amides is 1. The fourth-order valence-electron chi connectivity index (χ4n) is 5.11. The summed E-state index contributed by atoms with van der Waals surface area (Å²) < 4.78 is 39.3. The number of nitrogens with one attached hydrogen (secondary N) is 1. The number of benzene rings is 2. The minimum absolute atomic E-state index is 0.00888. The predicted molar refractivity (Wildman–Crippen MR) is 159 cm³/mol. The Morgan fingerprint density at radius 3 is 2.34 bits per heavy atom. The van der Waals surface area contributed by atoms with Crippen LogP contribution in [0.3, 0.4) is 0 Å². The van der Waals surface area contributed by atoms with Crippen LogP contribution in [0.1, 0.15) is 49.8 Å². The Hall–Kier alpha value is -3.65. The Labute approximate surface area is 241 Å². The normalized spacial score (nSPS) is 16.6. The van der Waals surface area contributed by atoms with Gasteiger partial charge in [0.05, 0.1) is 5.56 Å². The number of carbonyl (C=O) groups excluding carboxylic acids is 1. The third-order valence-corrected chi connectivity index (χ3v) is 7.62. The average Bonchev–Trinajstić information content (AvgIpc) is 2.98. The predicted octanol–water partition coefficient (Wildman–Crippen LogP) is 7.33. The van der Waals surface area contributed by atoms with Crippen molar-refractivity contribution in [3.63, 3.8) is 0 Å². The van der Waals surface area contributed by atoms with E-state index in [4.69, 9.17) is 0 Å². The first-order valence-electron chi connectivity index (χ1n) is 14.2. The maximum absolute atomic E-state index is 13.6. The second-order valence-electron chi connectivity index (χ2n) is 11.2. The number of likely N-dealkylation sites (tertiary alicyclic amines) is 1. The molecule has 41 heavy (non-hydrogen) atoms. The van der Waals surface area contributed by atoms with Gasteiger partial charge in [0.1, 0.15) is 0 Å². The number of halogens is 3. The quantitative estimate of drug-likeness (QED) is 0.262. The van der Waals surface area contributed by atoms with E-state index in [0.29, 0.717) is 23.6 Å². The Morgan fingerprint density at radius 2 is 1.71 bits per heavy atom. The molecule has 0 saturated carbocycles. The molecule has 0 unspecified atom stereocenters. The summed E-state index contributed by atoms with van der Waals surface area (Å²) in [6.07, 6.45) is 3.80. The number of pyridine rings is 1. The molecular weight excluding hydrogens is 525 g/mol. The lowest BCUT2D eigenvalue weighted by Crippen LogP contribution is -2.40. The zero-order valence-corrected chi connectivity index (χ0v) is 24.0. The second-order valence-corrected chi connectivity index (χ2v) is 11.2. The molecule has 0 bridgehead atoms. The zero-order valence-electron chi connectivity index (χ0n) is 24.0. The molecule has 1 N–H and O–H groups in total. The van der Waals surface area contributed by atoms with E-state index in [9.17, 15) is 18.0 Å². The van der Waals surface area contributed by atoms with Crippen LogP contribution in [0.4, 0.5) is 24.5 Å². The van der Waals surface area contributed by atoms with E-state index in [1.165, 1.54) is 12.1 Å². The maximum Gasteiger partial charge on any atom is 0.416 e. The highest BCUT2D eigenvalue weighted by Gasteiger charge is 2.30. The first-order valence-corrected chi connectivity index (χ1v) is 14.2. The first kappa shape index (κ1) is 30.3. The summed E-state index contributed by atoms with van der Waals surface area (Å²) in [6, 6.07) is 16.9. The molecule has 0 radical (unpaired) electrons. The molecule has 1 aromatic heterocycles. The third kappa shape index (κ3) is 8.67. The smallest absolute Gasteiger partial charge is 0.348 e. The lowest BCUT2D eigenvalue weighted by molar-refractivity contribution is -0.137. The number of alkyl halides is 3. The summed E-state index contributed by atoms with van der Waals surface area (Å²) in [5, 5.41) is 3.07. The fourth-order valence-corrected chi connectivity index (χ4v) is 5.11. The van der Waals surface area contributed by atoms with Crippen LogP contribution in [0, 0.1) is 11.8 Å². The third-order valence-electron chi connectivity index (χ3n) is 7.62. The van der Waals surface area contributed by atoms with Gasteiger partial charge in [0.15, 0.2) is 0 Å². The van der Waals surface area contributed by atoms with Crippen LogP contribution >= 0.6 is 0 Å². The molecule has 218 valence electrons. The van der Waals surface area contributed by atoms with Crippen LogP contribution in [0.5, 0.6) is 0 Å². The molecule has 0 spiro atoms. The molecule has 5 nitrogen and oxygen atoms in total. The van der Waals surface area contributed by atoms with Gasteiger partial charge in [-0.2, -0.15) is 13.2 Å². The van der Waals surface area contributed by atoms with Crippen LogP contribution in [-0.2, 0) is 17.5 Å². The van der Waals surface area contributed by atoms with Crippen molar-refractivity contribution in [3.05, 3.63) is 95.3 Å². The summed E-state index contributed by atoms with van der Waals surface area (Å²) in [7, 11) is 1.99. The molecule has 1 amide bonds. The molecule has 1 atom stereocenters. The number of piperidine rings is 1. The summed E-state index contributed by atoms with van der Waals surface area (Å²) in [6.45, 7) is 7.50. The van der Waals surface area contributed by atoms with Crippen molar-refractivity contribution in [1.29, 1.82) is 0 Å². The van der Waals surface area contributed by atoms with Gasteiger partial charge in [0.25, 0.3) is 0 Å². The summed E-state index contributed by atoms with van der Waals surface area (Å²) >= 11 is 0. The summed E-state index contributed by atoms with van der Waals surface area (Å²) in [5.74, 6) is 0.421. The number of aromatic nitrogens is 1. The highest BCUT2D eigenvalue weighted by molar-refractivity contribution is 5.98. The molecule has 0 aliphatic carbocycles. The first-order chi connectivity index (χ1) is 19.6. The van der Waals surface area contributed by atoms with Gasteiger partial charge in [0, 0.05) is 55.4 Å². The minimum atomic E-state index is -4.40. The van der Waals surface area contributed by atoms with Crippen molar-refractivity contribution in [2.45, 2.75) is 45.8 Å². The van der Waals surface area contributed by atoms with E-state index in [0.717, 1.165) is 68.0 Å². The van der Waals surface area contributed by atoms with E-state index >= 15 is 0 Å². The van der Waals surface area contributed by atoms with Crippen molar-refractivity contribution < 1.29 is 18.0 Å². The van der Waals surface area contributed by atoms with Crippen molar-refractivity contribution >= 4 is 23.4 Å². The van der Waals surface area contributed by atoms with Gasteiger partial charge in [-0.25, -0.2) is 0 Å². The Balaban J connectivity index is 1.49. The summed E-state index contributed by atoms with van der Waals surface area (Å²) in [4.78, 5) is 22.1. The number of rotatable bonds is 10. The Morgan fingerprint density at radius 1 is 1.05 bits per heavy atom. The fraction of sp³-hybridized carbons (Fsp3) is 0.394. The number of anilines is 2. The lowest BCUT2D eigenvalue weighted by Gasteiger charge is -2.34. The van der Waals surface area contributed by atoms with Gasteiger partial charge in [0.2, 0.25) is 5.91 Å². The van der Waals surface area contributed by atoms with Crippen LogP contribution in [-0.4, -0.2) is 42.5 Å². The van der Waals surface area contributed by atoms with Crippen molar-refractivity contribution in [2.75, 3.05) is 31.6 Å². The molecule has 4 rings (SSSR count). The number of hydrogen-bond acceptors (Lipinski definition) is 4. The van der Waals surface area contributed by atoms with E-state index < -0.39 is 11.7 Å². The van der Waals surface area contributed by atoms with Gasteiger partial charge < -0.3 is 15.1 Å². The highest BCUT2D eigenvalue weighted by Crippen LogP contribution is 2.31. The van der Waals surface area contributed by atoms with Crippen molar-refractivity contribution in [3.8, 4) is 0 Å². The van der Waals surface area contributed by atoms with Crippen LogP contribution in [0.2, 0.25) is 0 Å². The molecular formula is C33H39F3N4O. The SMILES string of the molecule is CC(C)CCN1CCC[C@@H](C(=Cc2ccc(C(F)(F)F)cc2)C(=O)NCc2ccc(N(C)c3ccncc3)cc2)C1. The topological polar surface area (TPSA) is 48.5 Å². The largest absolute Gasteiger partial charge is 0.416 e. The molecule has 8 heteroatoms. The van der Waals surface area contributed by atoms with E-state index in [1.54, 1.807) is 18.5 Å².